The molecule has 1 aromatic heterocycles. The fourth-order valence-corrected chi connectivity index (χ4v) is 1.39. The van der Waals surface area contributed by atoms with Crippen molar-refractivity contribution >= 4 is 0 Å². The molecular weight excluding hydrogens is 143 g/mol. The second-order valence-electron chi connectivity index (χ2n) is 2.93. The van der Waals surface area contributed by atoms with E-state index in [1.165, 1.54) is 6.20 Å². The van der Waals surface area contributed by atoms with E-state index in [1.54, 1.807) is 6.07 Å². The van der Waals surface area contributed by atoms with Crippen molar-refractivity contribution < 1.29 is 4.39 Å². The van der Waals surface area contributed by atoms with Gasteiger partial charge < -0.3 is 0 Å². The van der Waals surface area contributed by atoms with Gasteiger partial charge in [-0.05, 0) is 18.7 Å². The molecule has 0 amide bonds. The molecule has 0 aromatic carbocycles. The fourth-order valence-electron chi connectivity index (χ4n) is 1.39. The van der Waals surface area contributed by atoms with Gasteiger partial charge in [-0.25, -0.2) is 4.39 Å². The molecule has 0 spiro atoms. The first-order valence-corrected chi connectivity index (χ1v) is 3.57. The molecule has 1 aliphatic heterocycles. The second-order valence-corrected chi connectivity index (χ2v) is 2.93. The zero-order chi connectivity index (χ0) is 7.84. The van der Waals surface area contributed by atoms with E-state index in [0.717, 1.165) is 24.3 Å². The van der Waals surface area contributed by atoms with Crippen LogP contribution in [-0.2, 0) is 13.1 Å². The van der Waals surface area contributed by atoms with E-state index >= 15 is 0 Å². The first kappa shape index (κ1) is 6.73. The molecule has 0 saturated heterocycles. The Morgan fingerprint density at radius 1 is 1.55 bits per heavy atom. The fraction of sp³-hybridized carbons (Fsp3) is 0.375. The Balaban J connectivity index is 2.43. The summed E-state index contributed by atoms with van der Waals surface area (Å²) in [7, 11) is 2.00. The number of hydrogen-bond acceptors (Lipinski definition) is 2. The quantitative estimate of drug-likeness (QED) is 0.554. The van der Waals surface area contributed by atoms with Gasteiger partial charge in [-0.15, -0.1) is 0 Å². The summed E-state index contributed by atoms with van der Waals surface area (Å²) in [4.78, 5) is 6.10. The summed E-state index contributed by atoms with van der Waals surface area (Å²) in [6.45, 7) is 1.66. The van der Waals surface area contributed by atoms with Crippen LogP contribution in [0.15, 0.2) is 12.3 Å². The van der Waals surface area contributed by atoms with E-state index in [0.29, 0.717) is 0 Å². The minimum absolute atomic E-state index is 0.237. The lowest BCUT2D eigenvalue weighted by Crippen LogP contribution is -2.07. The van der Waals surface area contributed by atoms with Gasteiger partial charge in [-0.3, -0.25) is 9.88 Å². The molecule has 3 heteroatoms. The van der Waals surface area contributed by atoms with Gasteiger partial charge in [-0.2, -0.15) is 0 Å². The van der Waals surface area contributed by atoms with Gasteiger partial charge in [-0.1, -0.05) is 0 Å². The Morgan fingerprint density at radius 3 is 3.18 bits per heavy atom. The summed E-state index contributed by atoms with van der Waals surface area (Å²) in [5.74, 6) is -0.237. The van der Waals surface area contributed by atoms with Crippen LogP contribution in [0, 0.1) is 5.82 Å². The van der Waals surface area contributed by atoms with Crippen molar-refractivity contribution in [2.24, 2.45) is 0 Å². The molecule has 2 heterocycles. The number of nitrogens with zero attached hydrogens (tertiary/aromatic N) is 2. The minimum atomic E-state index is -0.237. The molecule has 11 heavy (non-hydrogen) atoms. The van der Waals surface area contributed by atoms with Crippen molar-refractivity contribution in [2.45, 2.75) is 13.1 Å². The van der Waals surface area contributed by atoms with Crippen LogP contribution in [0.25, 0.3) is 0 Å². The maximum atomic E-state index is 12.6. The number of halogens is 1. The van der Waals surface area contributed by atoms with Gasteiger partial charge in [0.2, 0.25) is 0 Å². The zero-order valence-electron chi connectivity index (χ0n) is 6.34. The standard InChI is InChI=1S/C8H9FN2/c1-11-4-6-2-7(9)3-10-8(6)5-11/h2-3H,4-5H2,1H3. The highest BCUT2D eigenvalue weighted by atomic mass is 19.1. The predicted molar refractivity (Wildman–Crippen MR) is 39.4 cm³/mol. The molecule has 0 atom stereocenters. The molecule has 0 saturated carbocycles. The van der Waals surface area contributed by atoms with Crippen LogP contribution < -0.4 is 0 Å². The summed E-state index contributed by atoms with van der Waals surface area (Å²) in [6, 6.07) is 1.56. The number of hydrogen-bond donors (Lipinski definition) is 0. The highest BCUT2D eigenvalue weighted by Crippen LogP contribution is 2.18. The number of aromatic nitrogens is 1. The second kappa shape index (κ2) is 2.27. The first-order chi connectivity index (χ1) is 5.25. The summed E-state index contributed by atoms with van der Waals surface area (Å²) >= 11 is 0. The average Bonchev–Trinajstić information content (AvgIpc) is 2.27. The van der Waals surface area contributed by atoms with Gasteiger partial charge in [0.25, 0.3) is 0 Å². The topological polar surface area (TPSA) is 16.1 Å². The maximum Gasteiger partial charge on any atom is 0.141 e. The van der Waals surface area contributed by atoms with Crippen LogP contribution in [0.1, 0.15) is 11.3 Å². The molecule has 0 radical (unpaired) electrons. The number of pyridine rings is 1. The van der Waals surface area contributed by atoms with Crippen molar-refractivity contribution in [3.8, 4) is 0 Å². The third-order valence-electron chi connectivity index (χ3n) is 1.89. The monoisotopic (exact) mass is 152 g/mol. The van der Waals surface area contributed by atoms with Crippen LogP contribution >= 0.6 is 0 Å². The largest absolute Gasteiger partial charge is 0.296 e. The number of fused-ring (bicyclic) bond motifs is 1. The maximum absolute atomic E-state index is 12.6. The molecule has 0 N–H and O–H groups in total. The number of rotatable bonds is 0. The van der Waals surface area contributed by atoms with Crippen LogP contribution in [0.5, 0.6) is 0 Å². The molecule has 2 rings (SSSR count). The van der Waals surface area contributed by atoms with Gasteiger partial charge in [0.15, 0.2) is 0 Å². The van der Waals surface area contributed by atoms with Crippen molar-refractivity contribution in [1.82, 2.24) is 9.88 Å². The predicted octanol–water partition coefficient (Wildman–Crippen LogP) is 1.17. The summed E-state index contributed by atoms with van der Waals surface area (Å²) in [5, 5.41) is 0. The van der Waals surface area contributed by atoms with E-state index in [2.05, 4.69) is 9.88 Å². The van der Waals surface area contributed by atoms with Gasteiger partial charge in [0.1, 0.15) is 5.82 Å². The van der Waals surface area contributed by atoms with Gasteiger partial charge in [0.05, 0.1) is 11.9 Å². The minimum Gasteiger partial charge on any atom is -0.296 e. The average molecular weight is 152 g/mol. The lowest BCUT2D eigenvalue weighted by atomic mass is 10.2. The van der Waals surface area contributed by atoms with Crippen LogP contribution in [0.3, 0.4) is 0 Å². The normalized spacial score (nSPS) is 16.9. The molecule has 0 bridgehead atoms. The van der Waals surface area contributed by atoms with Gasteiger partial charge >= 0.3 is 0 Å². The smallest absolute Gasteiger partial charge is 0.141 e. The van der Waals surface area contributed by atoms with Crippen molar-refractivity contribution in [1.29, 1.82) is 0 Å². The van der Waals surface area contributed by atoms with E-state index in [-0.39, 0.29) is 5.82 Å². The zero-order valence-corrected chi connectivity index (χ0v) is 6.34. The van der Waals surface area contributed by atoms with Gasteiger partial charge in [0, 0.05) is 13.1 Å². The molecule has 1 aromatic rings. The Labute approximate surface area is 64.7 Å². The third kappa shape index (κ3) is 1.12. The molecule has 1 aliphatic rings. The van der Waals surface area contributed by atoms with Crippen LogP contribution in [0.2, 0.25) is 0 Å². The molecular formula is C8H9FN2. The molecule has 58 valence electrons. The Hall–Kier alpha value is -0.960. The molecule has 0 unspecified atom stereocenters. The Morgan fingerprint density at radius 2 is 2.36 bits per heavy atom. The van der Waals surface area contributed by atoms with E-state index < -0.39 is 0 Å². The third-order valence-corrected chi connectivity index (χ3v) is 1.89. The molecule has 2 nitrogen and oxygen atoms in total. The Kier molecular flexibility index (Phi) is 1.39. The summed E-state index contributed by atoms with van der Waals surface area (Å²) in [5.41, 5.74) is 2.03. The van der Waals surface area contributed by atoms with E-state index in [4.69, 9.17) is 0 Å². The van der Waals surface area contributed by atoms with Crippen molar-refractivity contribution in [3.05, 3.63) is 29.3 Å². The van der Waals surface area contributed by atoms with Crippen molar-refractivity contribution in [3.63, 3.8) is 0 Å². The van der Waals surface area contributed by atoms with Crippen LogP contribution in [-0.4, -0.2) is 16.9 Å². The Bertz CT molecular complexity index is 285. The summed E-state index contributed by atoms with van der Waals surface area (Å²) < 4.78 is 12.6. The lowest BCUT2D eigenvalue weighted by molar-refractivity contribution is 0.351. The highest BCUT2D eigenvalue weighted by molar-refractivity contribution is 5.23. The summed E-state index contributed by atoms with van der Waals surface area (Å²) in [6.07, 6.45) is 1.28. The van der Waals surface area contributed by atoms with E-state index in [1.807, 2.05) is 7.05 Å². The van der Waals surface area contributed by atoms with Crippen molar-refractivity contribution in [2.75, 3.05) is 7.05 Å². The van der Waals surface area contributed by atoms with E-state index in [9.17, 15) is 4.39 Å². The molecule has 0 aliphatic carbocycles. The lowest BCUT2D eigenvalue weighted by Gasteiger charge is -2.01. The molecule has 0 fully saturated rings. The SMILES string of the molecule is CN1Cc2cc(F)cnc2C1. The highest BCUT2D eigenvalue weighted by Gasteiger charge is 2.16. The first-order valence-electron chi connectivity index (χ1n) is 3.57. The van der Waals surface area contributed by atoms with Crippen LogP contribution in [0.4, 0.5) is 4.39 Å².